The Bertz CT molecular complexity index is 356. The smallest absolute Gasteiger partial charge is 0.167 e. The summed E-state index contributed by atoms with van der Waals surface area (Å²) in [5.74, 6) is -1.64. The van der Waals surface area contributed by atoms with Crippen LogP contribution in [0.1, 0.15) is 0 Å². The third-order valence-electron chi connectivity index (χ3n) is 2.04. The quantitative estimate of drug-likeness (QED) is 0.702. The number of hydrogen-bond acceptors (Lipinski definition) is 4. The maximum Gasteiger partial charge on any atom is 0.167 e. The molecule has 0 fully saturated rings. The van der Waals surface area contributed by atoms with Crippen LogP contribution in [0.3, 0.4) is 0 Å². The minimum Gasteiger partial charge on any atom is -0.494 e. The second-order valence-electron chi connectivity index (χ2n) is 3.17. The van der Waals surface area contributed by atoms with Crippen molar-refractivity contribution in [2.45, 2.75) is 6.04 Å². The average molecular weight is 233 g/mol. The number of anilines is 1. The number of ether oxygens (including phenoxy) is 1. The zero-order valence-electron chi connectivity index (χ0n) is 8.70. The van der Waals surface area contributed by atoms with E-state index in [0.717, 1.165) is 12.1 Å². The van der Waals surface area contributed by atoms with Crippen molar-refractivity contribution in [3.63, 3.8) is 0 Å². The maximum atomic E-state index is 13.4. The second-order valence-corrected chi connectivity index (χ2v) is 3.17. The van der Waals surface area contributed by atoms with Crippen LogP contribution in [0.4, 0.5) is 14.5 Å². The van der Waals surface area contributed by atoms with E-state index >= 15 is 0 Å². The number of rotatable bonds is 5. The molecule has 4 nitrogen and oxygen atoms in total. The first-order chi connectivity index (χ1) is 7.62. The zero-order valence-corrected chi connectivity index (χ0v) is 8.70. The van der Waals surface area contributed by atoms with Crippen molar-refractivity contribution >= 4 is 5.69 Å². The van der Waals surface area contributed by atoms with Crippen LogP contribution in [0.15, 0.2) is 12.1 Å². The SMILES string of the molecule is COc1cc(F)c(NC(CO)CO)cc1F. The molecule has 0 unspecified atom stereocenters. The summed E-state index contributed by atoms with van der Waals surface area (Å²) in [5.41, 5.74) is -0.133. The van der Waals surface area contributed by atoms with Gasteiger partial charge in [0.1, 0.15) is 5.82 Å². The van der Waals surface area contributed by atoms with Gasteiger partial charge in [-0.15, -0.1) is 0 Å². The first-order valence-electron chi connectivity index (χ1n) is 4.63. The predicted molar refractivity (Wildman–Crippen MR) is 54.5 cm³/mol. The van der Waals surface area contributed by atoms with Gasteiger partial charge in [-0.05, 0) is 0 Å². The first kappa shape index (κ1) is 12.7. The molecule has 0 atom stereocenters. The minimum atomic E-state index is -0.734. The summed E-state index contributed by atoms with van der Waals surface area (Å²) in [5, 5.41) is 20.0. The molecule has 0 bridgehead atoms. The molecule has 6 heteroatoms. The second kappa shape index (κ2) is 5.62. The summed E-state index contributed by atoms with van der Waals surface area (Å²) in [4.78, 5) is 0. The van der Waals surface area contributed by atoms with E-state index in [9.17, 15) is 8.78 Å². The molecular formula is C10H13F2NO3. The van der Waals surface area contributed by atoms with Crippen molar-refractivity contribution in [3.8, 4) is 5.75 Å². The van der Waals surface area contributed by atoms with Crippen molar-refractivity contribution in [2.24, 2.45) is 0 Å². The van der Waals surface area contributed by atoms with Crippen molar-refractivity contribution < 1.29 is 23.7 Å². The van der Waals surface area contributed by atoms with Gasteiger partial charge in [0, 0.05) is 12.1 Å². The van der Waals surface area contributed by atoms with Crippen LogP contribution in [0, 0.1) is 11.6 Å². The lowest BCUT2D eigenvalue weighted by atomic mass is 10.2. The molecule has 0 saturated heterocycles. The molecule has 0 aliphatic rings. The first-order valence-corrected chi connectivity index (χ1v) is 4.63. The lowest BCUT2D eigenvalue weighted by Crippen LogP contribution is -2.28. The van der Waals surface area contributed by atoms with Gasteiger partial charge < -0.3 is 20.3 Å². The van der Waals surface area contributed by atoms with Gasteiger partial charge in [-0.3, -0.25) is 0 Å². The number of aliphatic hydroxyl groups is 2. The number of methoxy groups -OCH3 is 1. The molecule has 1 rings (SSSR count). The molecule has 90 valence electrons. The molecule has 0 amide bonds. The van der Waals surface area contributed by atoms with Crippen LogP contribution >= 0.6 is 0 Å². The fourth-order valence-corrected chi connectivity index (χ4v) is 1.16. The van der Waals surface area contributed by atoms with Crippen LogP contribution in [0.25, 0.3) is 0 Å². The lowest BCUT2D eigenvalue weighted by Gasteiger charge is -2.16. The van der Waals surface area contributed by atoms with E-state index in [2.05, 4.69) is 10.1 Å². The van der Waals surface area contributed by atoms with E-state index in [1.165, 1.54) is 7.11 Å². The molecular weight excluding hydrogens is 220 g/mol. The van der Waals surface area contributed by atoms with Gasteiger partial charge in [-0.1, -0.05) is 0 Å². The highest BCUT2D eigenvalue weighted by Gasteiger charge is 2.13. The van der Waals surface area contributed by atoms with E-state index < -0.39 is 17.7 Å². The highest BCUT2D eigenvalue weighted by Crippen LogP contribution is 2.24. The molecule has 0 saturated carbocycles. The van der Waals surface area contributed by atoms with Crippen LogP contribution in [-0.4, -0.2) is 36.6 Å². The van der Waals surface area contributed by atoms with Gasteiger partial charge in [-0.25, -0.2) is 8.78 Å². The summed E-state index contributed by atoms with van der Waals surface area (Å²) in [7, 11) is 1.23. The summed E-state index contributed by atoms with van der Waals surface area (Å²) in [6.07, 6.45) is 0. The molecule has 0 aliphatic heterocycles. The van der Waals surface area contributed by atoms with Gasteiger partial charge in [0.25, 0.3) is 0 Å². The Labute approximate surface area is 91.5 Å². The normalized spacial score (nSPS) is 10.6. The van der Waals surface area contributed by atoms with Crippen LogP contribution in [0.2, 0.25) is 0 Å². The van der Waals surface area contributed by atoms with Gasteiger partial charge in [-0.2, -0.15) is 0 Å². The zero-order chi connectivity index (χ0) is 12.1. The van der Waals surface area contributed by atoms with E-state index in [4.69, 9.17) is 10.2 Å². The minimum absolute atomic E-state index is 0.133. The summed E-state index contributed by atoms with van der Waals surface area (Å²) < 4.78 is 31.2. The molecule has 16 heavy (non-hydrogen) atoms. The van der Waals surface area contributed by atoms with Crippen molar-refractivity contribution in [3.05, 3.63) is 23.8 Å². The fraction of sp³-hybridized carbons (Fsp3) is 0.400. The topological polar surface area (TPSA) is 61.7 Å². The maximum absolute atomic E-state index is 13.4. The number of nitrogens with one attached hydrogen (secondary N) is 1. The van der Waals surface area contributed by atoms with Crippen LogP contribution in [0.5, 0.6) is 5.75 Å². The number of hydrogen-bond donors (Lipinski definition) is 3. The van der Waals surface area contributed by atoms with Gasteiger partial charge in [0.2, 0.25) is 0 Å². The summed E-state index contributed by atoms with van der Waals surface area (Å²) in [6, 6.07) is 1.07. The summed E-state index contributed by atoms with van der Waals surface area (Å²) >= 11 is 0. The molecule has 0 radical (unpaired) electrons. The van der Waals surface area contributed by atoms with Crippen molar-refractivity contribution in [1.82, 2.24) is 0 Å². The monoisotopic (exact) mass is 233 g/mol. The molecule has 3 N–H and O–H groups in total. The molecule has 0 aliphatic carbocycles. The number of aliphatic hydroxyl groups excluding tert-OH is 2. The molecule has 1 aromatic carbocycles. The number of halogens is 2. The Morgan fingerprint density at radius 2 is 1.88 bits per heavy atom. The largest absolute Gasteiger partial charge is 0.494 e. The Hall–Kier alpha value is -1.40. The van der Waals surface area contributed by atoms with Gasteiger partial charge in [0.05, 0.1) is 32.1 Å². The third kappa shape index (κ3) is 2.80. The third-order valence-corrected chi connectivity index (χ3v) is 2.04. The van der Waals surface area contributed by atoms with Crippen LogP contribution in [-0.2, 0) is 0 Å². The molecule has 0 spiro atoms. The van der Waals surface area contributed by atoms with Crippen LogP contribution < -0.4 is 10.1 Å². The van der Waals surface area contributed by atoms with E-state index in [1.54, 1.807) is 0 Å². The molecule has 0 aromatic heterocycles. The highest BCUT2D eigenvalue weighted by atomic mass is 19.1. The fourth-order valence-electron chi connectivity index (χ4n) is 1.16. The Balaban J connectivity index is 2.92. The van der Waals surface area contributed by atoms with E-state index in [1.807, 2.05) is 0 Å². The molecule has 1 aromatic rings. The van der Waals surface area contributed by atoms with Crippen molar-refractivity contribution in [2.75, 3.05) is 25.6 Å². The van der Waals surface area contributed by atoms with E-state index in [-0.39, 0.29) is 24.7 Å². The summed E-state index contributed by atoms with van der Waals surface area (Å²) in [6.45, 7) is -0.771. The van der Waals surface area contributed by atoms with E-state index in [0.29, 0.717) is 0 Å². The average Bonchev–Trinajstić information content (AvgIpc) is 2.29. The lowest BCUT2D eigenvalue weighted by molar-refractivity contribution is 0.203. The van der Waals surface area contributed by atoms with Crippen molar-refractivity contribution in [1.29, 1.82) is 0 Å². The van der Waals surface area contributed by atoms with Gasteiger partial charge >= 0.3 is 0 Å². The Morgan fingerprint density at radius 3 is 2.38 bits per heavy atom. The Morgan fingerprint density at radius 1 is 1.25 bits per heavy atom. The number of benzene rings is 1. The Kier molecular flexibility index (Phi) is 4.45. The predicted octanol–water partition coefficient (Wildman–Crippen LogP) is 0.738. The van der Waals surface area contributed by atoms with Gasteiger partial charge in [0.15, 0.2) is 11.6 Å². The standard InChI is InChI=1S/C10H13F2NO3/c1-16-10-3-7(11)9(2-8(10)12)13-6(4-14)5-15/h2-3,6,13-15H,4-5H2,1H3. The molecule has 0 heterocycles. The highest BCUT2D eigenvalue weighted by molar-refractivity contribution is 5.49.